The lowest BCUT2D eigenvalue weighted by Crippen LogP contribution is -2.23. The molecule has 6 nitrogen and oxygen atoms in total. The van der Waals surface area contributed by atoms with E-state index in [0.717, 1.165) is 6.08 Å². The molecule has 0 saturated carbocycles. The van der Waals surface area contributed by atoms with Crippen molar-refractivity contribution in [1.82, 2.24) is 4.90 Å². The van der Waals surface area contributed by atoms with Crippen molar-refractivity contribution in [3.63, 3.8) is 0 Å². The van der Waals surface area contributed by atoms with Gasteiger partial charge in [-0.25, -0.2) is 0 Å². The highest BCUT2D eigenvalue weighted by Gasteiger charge is 2.17. The predicted octanol–water partition coefficient (Wildman–Crippen LogP) is 1.91. The molecule has 1 N–H and O–H groups in total. The molecule has 0 unspecified atom stereocenters. The van der Waals surface area contributed by atoms with Crippen LogP contribution < -0.4 is 5.32 Å². The Kier molecular flexibility index (Phi) is 7.72. The standard InChI is InChI=1S/C19H20N2O4/c1-4-17(18(24)20-16-8-6-5-7-9-16)15(13-23)12-14(10-11-22)19(25)21(2)3/h4-13H,1-3H3,(H,20,24)/b14-10-,15-12-,17-4+. The topological polar surface area (TPSA) is 83.5 Å². The first-order chi connectivity index (χ1) is 11.9. The van der Waals surface area contributed by atoms with E-state index in [9.17, 15) is 19.2 Å². The van der Waals surface area contributed by atoms with Crippen LogP contribution in [0, 0.1) is 0 Å². The van der Waals surface area contributed by atoms with E-state index in [0.29, 0.717) is 18.3 Å². The fourth-order valence-electron chi connectivity index (χ4n) is 2.00. The molecule has 1 aromatic carbocycles. The highest BCUT2D eigenvalue weighted by atomic mass is 16.2. The minimum absolute atomic E-state index is 0.000712. The van der Waals surface area contributed by atoms with Crippen LogP contribution in [0.15, 0.2) is 65.3 Å². The Hall–Kier alpha value is -3.28. The first-order valence-electron chi connectivity index (χ1n) is 7.51. The van der Waals surface area contributed by atoms with Gasteiger partial charge in [-0.3, -0.25) is 19.2 Å². The van der Waals surface area contributed by atoms with E-state index in [-0.39, 0.29) is 16.7 Å². The van der Waals surface area contributed by atoms with E-state index < -0.39 is 11.8 Å². The summed E-state index contributed by atoms with van der Waals surface area (Å²) in [4.78, 5) is 48.0. The van der Waals surface area contributed by atoms with E-state index >= 15 is 0 Å². The number of hydrogen-bond acceptors (Lipinski definition) is 4. The normalized spacial score (nSPS) is 12.4. The molecule has 0 bridgehead atoms. The highest BCUT2D eigenvalue weighted by Crippen LogP contribution is 2.15. The molecule has 6 heteroatoms. The molecular weight excluding hydrogens is 320 g/mol. The van der Waals surface area contributed by atoms with Gasteiger partial charge in [-0.15, -0.1) is 0 Å². The van der Waals surface area contributed by atoms with Crippen LogP contribution in [0.1, 0.15) is 6.92 Å². The van der Waals surface area contributed by atoms with Crippen molar-refractivity contribution in [3.05, 3.63) is 65.3 Å². The second-order valence-corrected chi connectivity index (χ2v) is 5.20. The number of nitrogens with one attached hydrogen (secondary N) is 1. The van der Waals surface area contributed by atoms with Crippen LogP contribution in [0.2, 0.25) is 0 Å². The number of para-hydroxylation sites is 1. The number of allylic oxidation sites excluding steroid dienone is 2. The Bertz CT molecular complexity index is 744. The van der Waals surface area contributed by atoms with Crippen LogP contribution >= 0.6 is 0 Å². The maximum atomic E-state index is 12.4. The monoisotopic (exact) mass is 340 g/mol. The smallest absolute Gasteiger partial charge is 0.256 e. The average Bonchev–Trinajstić information content (AvgIpc) is 2.60. The van der Waals surface area contributed by atoms with Crippen molar-refractivity contribution < 1.29 is 19.2 Å². The minimum Gasteiger partial charge on any atom is -0.345 e. The molecule has 25 heavy (non-hydrogen) atoms. The quantitative estimate of drug-likeness (QED) is 0.467. The van der Waals surface area contributed by atoms with Crippen LogP contribution in [-0.4, -0.2) is 43.4 Å². The van der Waals surface area contributed by atoms with Crippen molar-refractivity contribution in [3.8, 4) is 0 Å². The fraction of sp³-hybridized carbons (Fsp3) is 0.158. The lowest BCUT2D eigenvalue weighted by Gasteiger charge is -2.12. The van der Waals surface area contributed by atoms with Crippen LogP contribution in [0.3, 0.4) is 0 Å². The Labute approximate surface area is 146 Å². The van der Waals surface area contributed by atoms with Crippen LogP contribution in [0.25, 0.3) is 0 Å². The summed E-state index contributed by atoms with van der Waals surface area (Å²) in [7, 11) is 3.04. The molecule has 0 fully saturated rings. The Balaban J connectivity index is 3.18. The van der Waals surface area contributed by atoms with Gasteiger partial charge < -0.3 is 10.2 Å². The molecule has 0 heterocycles. The molecule has 0 aliphatic carbocycles. The number of aldehydes is 2. The van der Waals surface area contributed by atoms with Gasteiger partial charge in [0, 0.05) is 36.5 Å². The van der Waals surface area contributed by atoms with E-state index in [1.807, 2.05) is 6.07 Å². The van der Waals surface area contributed by atoms with Gasteiger partial charge in [0.25, 0.3) is 11.8 Å². The number of anilines is 1. The summed E-state index contributed by atoms with van der Waals surface area (Å²) in [6.07, 6.45) is 4.67. The summed E-state index contributed by atoms with van der Waals surface area (Å²) >= 11 is 0. The van der Waals surface area contributed by atoms with E-state index in [4.69, 9.17) is 0 Å². The molecule has 0 aliphatic heterocycles. The van der Waals surface area contributed by atoms with Gasteiger partial charge in [0.05, 0.1) is 0 Å². The molecule has 0 radical (unpaired) electrons. The molecule has 1 rings (SSSR count). The number of carbonyl (C=O) groups excluding carboxylic acids is 4. The number of nitrogens with zero attached hydrogens (tertiary/aromatic N) is 1. The minimum atomic E-state index is -0.491. The molecule has 0 atom stereocenters. The first kappa shape index (κ1) is 19.8. The van der Waals surface area contributed by atoms with Crippen LogP contribution in [-0.2, 0) is 19.2 Å². The Morgan fingerprint density at radius 2 is 1.68 bits per heavy atom. The lowest BCUT2D eigenvalue weighted by molar-refractivity contribution is -0.124. The molecule has 1 aromatic rings. The number of benzene rings is 1. The molecule has 0 saturated heterocycles. The van der Waals surface area contributed by atoms with Crippen LogP contribution in [0.5, 0.6) is 0 Å². The van der Waals surface area contributed by atoms with Gasteiger partial charge >= 0.3 is 0 Å². The van der Waals surface area contributed by atoms with Crippen molar-refractivity contribution in [2.75, 3.05) is 19.4 Å². The lowest BCUT2D eigenvalue weighted by atomic mass is 10.0. The second-order valence-electron chi connectivity index (χ2n) is 5.20. The molecule has 0 aliphatic rings. The van der Waals surface area contributed by atoms with Gasteiger partial charge in [0.2, 0.25) is 0 Å². The molecule has 2 amide bonds. The summed E-state index contributed by atoms with van der Waals surface area (Å²) in [6.45, 7) is 1.61. The van der Waals surface area contributed by atoms with Crippen molar-refractivity contribution in [1.29, 1.82) is 0 Å². The van der Waals surface area contributed by atoms with Crippen molar-refractivity contribution in [2.24, 2.45) is 0 Å². The predicted molar refractivity (Wildman–Crippen MR) is 95.8 cm³/mol. The number of likely N-dealkylation sites (N-methyl/N-ethyl adjacent to an activating group) is 1. The Morgan fingerprint density at radius 1 is 1.04 bits per heavy atom. The zero-order valence-electron chi connectivity index (χ0n) is 14.4. The second kappa shape index (κ2) is 9.77. The zero-order valence-corrected chi connectivity index (χ0v) is 14.4. The maximum absolute atomic E-state index is 12.4. The van der Waals surface area contributed by atoms with Gasteiger partial charge in [-0.05, 0) is 31.2 Å². The molecule has 0 aromatic heterocycles. The van der Waals surface area contributed by atoms with Gasteiger partial charge in [-0.2, -0.15) is 0 Å². The largest absolute Gasteiger partial charge is 0.345 e. The van der Waals surface area contributed by atoms with Crippen molar-refractivity contribution >= 4 is 30.1 Å². The maximum Gasteiger partial charge on any atom is 0.256 e. The summed E-state index contributed by atoms with van der Waals surface area (Å²) in [5, 5.41) is 2.67. The number of amides is 2. The van der Waals surface area contributed by atoms with E-state index in [1.54, 1.807) is 31.2 Å². The molecule has 130 valence electrons. The molecule has 0 spiro atoms. The van der Waals surface area contributed by atoms with Gasteiger partial charge in [0.1, 0.15) is 6.29 Å². The summed E-state index contributed by atoms with van der Waals surface area (Å²) < 4.78 is 0. The SMILES string of the molecule is C\C=C(C(=O)Nc1ccccc1)/C(C=O)=C\C(=C\C=O)C(=O)N(C)C. The third-order valence-corrected chi connectivity index (χ3v) is 3.21. The number of hydrogen-bond donors (Lipinski definition) is 1. The third kappa shape index (κ3) is 5.69. The van der Waals surface area contributed by atoms with E-state index in [2.05, 4.69) is 5.32 Å². The van der Waals surface area contributed by atoms with Crippen LogP contribution in [0.4, 0.5) is 5.69 Å². The van der Waals surface area contributed by atoms with Gasteiger partial charge in [-0.1, -0.05) is 24.3 Å². The summed E-state index contributed by atoms with van der Waals surface area (Å²) in [6, 6.07) is 8.77. The summed E-state index contributed by atoms with van der Waals surface area (Å²) in [5.41, 5.74) is 0.681. The zero-order chi connectivity index (χ0) is 18.8. The van der Waals surface area contributed by atoms with E-state index in [1.165, 1.54) is 31.1 Å². The fourth-order valence-corrected chi connectivity index (χ4v) is 2.00. The number of rotatable bonds is 7. The highest BCUT2D eigenvalue weighted by molar-refractivity contribution is 6.12. The summed E-state index contributed by atoms with van der Waals surface area (Å²) in [5.74, 6) is -0.944. The van der Waals surface area contributed by atoms with Crippen molar-refractivity contribution in [2.45, 2.75) is 6.92 Å². The first-order valence-corrected chi connectivity index (χ1v) is 7.51. The number of carbonyl (C=O) groups is 4. The van der Waals surface area contributed by atoms with Gasteiger partial charge in [0.15, 0.2) is 6.29 Å². The third-order valence-electron chi connectivity index (χ3n) is 3.21. The Morgan fingerprint density at radius 3 is 2.16 bits per heavy atom. The molecular formula is C19H20N2O4. The average molecular weight is 340 g/mol.